The lowest BCUT2D eigenvalue weighted by molar-refractivity contribution is 0.402. The van der Waals surface area contributed by atoms with E-state index in [4.69, 9.17) is 0 Å². The van der Waals surface area contributed by atoms with Crippen LogP contribution in [0.25, 0.3) is 0 Å². The highest BCUT2D eigenvalue weighted by atomic mass is 14.9. The fraction of sp³-hybridized carbons (Fsp3) is 0.625. The van der Waals surface area contributed by atoms with Crippen LogP contribution >= 0.6 is 0 Å². The molecule has 0 amide bonds. The molecule has 1 aromatic rings. The number of fused-ring (bicyclic) bond motifs is 1. The summed E-state index contributed by atoms with van der Waals surface area (Å²) in [5, 5.41) is 3.80. The van der Waals surface area contributed by atoms with Crippen LogP contribution < -0.4 is 5.32 Å². The van der Waals surface area contributed by atoms with Gasteiger partial charge in [-0.25, -0.2) is 0 Å². The smallest absolute Gasteiger partial charge is 0.0111 e. The topological polar surface area (TPSA) is 12.0 Å². The van der Waals surface area contributed by atoms with Crippen molar-refractivity contribution in [1.29, 1.82) is 0 Å². The molecule has 0 bridgehead atoms. The molecular formula is C16H23N. The molecule has 92 valence electrons. The first-order valence-corrected chi connectivity index (χ1v) is 7.22. The Morgan fingerprint density at radius 1 is 1.00 bits per heavy atom. The van der Waals surface area contributed by atoms with Gasteiger partial charge in [0.25, 0.3) is 0 Å². The van der Waals surface area contributed by atoms with Crippen molar-refractivity contribution in [2.24, 2.45) is 5.92 Å². The largest absolute Gasteiger partial charge is 0.313 e. The van der Waals surface area contributed by atoms with Crippen LogP contribution in [0, 0.1) is 5.92 Å². The monoisotopic (exact) mass is 229 g/mol. The maximum absolute atomic E-state index is 3.80. The van der Waals surface area contributed by atoms with Crippen molar-refractivity contribution >= 4 is 0 Å². The maximum Gasteiger partial charge on any atom is 0.0111 e. The molecule has 2 aliphatic rings. The first-order valence-electron chi connectivity index (χ1n) is 7.22. The fourth-order valence-electron chi connectivity index (χ4n) is 3.42. The maximum atomic E-state index is 3.80. The van der Waals surface area contributed by atoms with E-state index in [1.165, 1.54) is 51.5 Å². The van der Waals surface area contributed by atoms with Gasteiger partial charge in [0.2, 0.25) is 0 Å². The second-order valence-electron chi connectivity index (χ2n) is 5.77. The molecule has 0 aliphatic heterocycles. The van der Waals surface area contributed by atoms with Crippen molar-refractivity contribution < 1.29 is 0 Å². The Morgan fingerprint density at radius 3 is 2.59 bits per heavy atom. The van der Waals surface area contributed by atoms with Crippen LogP contribution in [0.5, 0.6) is 0 Å². The first-order chi connectivity index (χ1) is 8.42. The van der Waals surface area contributed by atoms with Gasteiger partial charge >= 0.3 is 0 Å². The molecule has 0 spiro atoms. The Balaban J connectivity index is 1.53. The molecule has 1 nitrogen and oxygen atoms in total. The van der Waals surface area contributed by atoms with Crippen molar-refractivity contribution in [3.05, 3.63) is 35.4 Å². The molecule has 1 heteroatoms. The predicted octanol–water partition coefficient (Wildman–Crippen LogP) is 3.32. The van der Waals surface area contributed by atoms with Crippen LogP contribution in [0.2, 0.25) is 0 Å². The lowest BCUT2D eigenvalue weighted by Gasteiger charge is -2.26. The van der Waals surface area contributed by atoms with Crippen molar-refractivity contribution in [2.75, 3.05) is 6.54 Å². The zero-order chi connectivity index (χ0) is 11.5. The summed E-state index contributed by atoms with van der Waals surface area (Å²) in [6, 6.07) is 9.68. The molecule has 1 saturated carbocycles. The average molecular weight is 229 g/mol. The Labute approximate surface area is 105 Å². The summed E-state index contributed by atoms with van der Waals surface area (Å²) in [7, 11) is 0. The normalized spacial score (nSPS) is 24.8. The van der Waals surface area contributed by atoms with Crippen LogP contribution in [0.4, 0.5) is 0 Å². The van der Waals surface area contributed by atoms with Crippen LogP contribution in [0.1, 0.15) is 43.2 Å². The van der Waals surface area contributed by atoms with Gasteiger partial charge in [0.15, 0.2) is 0 Å². The summed E-state index contributed by atoms with van der Waals surface area (Å²) in [6.07, 6.45) is 9.65. The van der Waals surface area contributed by atoms with Crippen molar-refractivity contribution in [3.8, 4) is 0 Å². The second-order valence-corrected chi connectivity index (χ2v) is 5.77. The van der Waals surface area contributed by atoms with Crippen LogP contribution in [0.3, 0.4) is 0 Å². The van der Waals surface area contributed by atoms with Crippen LogP contribution in [-0.2, 0) is 12.8 Å². The molecule has 0 aromatic heterocycles. The zero-order valence-electron chi connectivity index (χ0n) is 10.6. The van der Waals surface area contributed by atoms with Crippen molar-refractivity contribution in [2.45, 2.75) is 51.0 Å². The standard InChI is InChI=1S/C16H23N/c1-2-6-13(5-1)12-17-16-10-9-14-7-3-4-8-15(14)11-16/h3-4,7-8,13,16-17H,1-2,5-6,9-12H2. The molecule has 0 saturated heterocycles. The van der Waals surface area contributed by atoms with Gasteiger partial charge in [-0.05, 0) is 55.7 Å². The third-order valence-electron chi connectivity index (χ3n) is 4.52. The van der Waals surface area contributed by atoms with E-state index in [1.807, 2.05) is 0 Å². The minimum atomic E-state index is 0.727. The van der Waals surface area contributed by atoms with E-state index in [0.717, 1.165) is 12.0 Å². The first kappa shape index (κ1) is 11.3. The molecule has 1 fully saturated rings. The Bertz CT molecular complexity index is 366. The highest BCUT2D eigenvalue weighted by Gasteiger charge is 2.20. The molecule has 1 aromatic carbocycles. The highest BCUT2D eigenvalue weighted by molar-refractivity contribution is 5.30. The minimum absolute atomic E-state index is 0.727. The van der Waals surface area contributed by atoms with Crippen molar-refractivity contribution in [3.63, 3.8) is 0 Å². The Kier molecular flexibility index (Phi) is 3.46. The van der Waals surface area contributed by atoms with Gasteiger partial charge in [-0.2, -0.15) is 0 Å². The van der Waals surface area contributed by atoms with Gasteiger partial charge in [-0.15, -0.1) is 0 Å². The van der Waals surface area contributed by atoms with E-state index < -0.39 is 0 Å². The third kappa shape index (κ3) is 2.71. The van der Waals surface area contributed by atoms with Gasteiger partial charge in [0.05, 0.1) is 0 Å². The lowest BCUT2D eigenvalue weighted by Crippen LogP contribution is -2.37. The zero-order valence-corrected chi connectivity index (χ0v) is 10.6. The summed E-state index contributed by atoms with van der Waals surface area (Å²) < 4.78 is 0. The van der Waals surface area contributed by atoms with Crippen LogP contribution in [0.15, 0.2) is 24.3 Å². The number of rotatable bonds is 3. The van der Waals surface area contributed by atoms with Gasteiger partial charge in [0.1, 0.15) is 0 Å². The van der Waals surface area contributed by atoms with Crippen LogP contribution in [-0.4, -0.2) is 12.6 Å². The summed E-state index contributed by atoms with van der Waals surface area (Å²) in [5.74, 6) is 0.965. The summed E-state index contributed by atoms with van der Waals surface area (Å²) in [6.45, 7) is 1.26. The molecule has 1 N–H and O–H groups in total. The summed E-state index contributed by atoms with van der Waals surface area (Å²) in [5.41, 5.74) is 3.15. The van der Waals surface area contributed by atoms with E-state index >= 15 is 0 Å². The van der Waals surface area contributed by atoms with Crippen molar-refractivity contribution in [1.82, 2.24) is 5.32 Å². The van der Waals surface area contributed by atoms with E-state index in [9.17, 15) is 0 Å². The van der Waals surface area contributed by atoms with Gasteiger partial charge in [0, 0.05) is 6.04 Å². The summed E-state index contributed by atoms with van der Waals surface area (Å²) >= 11 is 0. The Hall–Kier alpha value is -0.820. The SMILES string of the molecule is c1ccc2c(c1)CCC(NCC1CCCC1)C2. The Morgan fingerprint density at radius 2 is 1.76 bits per heavy atom. The van der Waals surface area contributed by atoms with E-state index in [0.29, 0.717) is 0 Å². The number of aryl methyl sites for hydroxylation is 1. The van der Waals surface area contributed by atoms with E-state index in [2.05, 4.69) is 29.6 Å². The number of benzene rings is 1. The number of hydrogen-bond donors (Lipinski definition) is 1. The van der Waals surface area contributed by atoms with E-state index in [1.54, 1.807) is 11.1 Å². The predicted molar refractivity (Wildman–Crippen MR) is 72.2 cm³/mol. The fourth-order valence-corrected chi connectivity index (χ4v) is 3.42. The van der Waals surface area contributed by atoms with Gasteiger partial charge in [-0.1, -0.05) is 37.1 Å². The summed E-state index contributed by atoms with van der Waals surface area (Å²) in [4.78, 5) is 0. The quantitative estimate of drug-likeness (QED) is 0.838. The third-order valence-corrected chi connectivity index (χ3v) is 4.52. The molecule has 3 rings (SSSR count). The molecule has 17 heavy (non-hydrogen) atoms. The molecule has 1 unspecified atom stereocenters. The second kappa shape index (κ2) is 5.22. The van der Waals surface area contributed by atoms with Gasteiger partial charge in [-0.3, -0.25) is 0 Å². The van der Waals surface area contributed by atoms with E-state index in [-0.39, 0.29) is 0 Å². The van der Waals surface area contributed by atoms with Gasteiger partial charge < -0.3 is 5.32 Å². The molecular weight excluding hydrogens is 206 g/mol. The number of hydrogen-bond acceptors (Lipinski definition) is 1. The average Bonchev–Trinajstić information content (AvgIpc) is 2.89. The molecule has 0 radical (unpaired) electrons. The molecule has 0 heterocycles. The molecule has 2 aliphatic carbocycles. The lowest BCUT2D eigenvalue weighted by atomic mass is 9.88. The molecule has 1 atom stereocenters. The number of nitrogens with one attached hydrogen (secondary N) is 1. The highest BCUT2D eigenvalue weighted by Crippen LogP contribution is 2.25. The minimum Gasteiger partial charge on any atom is -0.313 e.